The summed E-state index contributed by atoms with van der Waals surface area (Å²) < 4.78 is 15.1. The van der Waals surface area contributed by atoms with Gasteiger partial charge in [0.15, 0.2) is 0 Å². The first-order valence-electron chi connectivity index (χ1n) is 6.38. The maximum atomic E-state index is 13.4. The summed E-state index contributed by atoms with van der Waals surface area (Å²) in [6.07, 6.45) is 0. The van der Waals surface area contributed by atoms with Crippen molar-refractivity contribution in [3.63, 3.8) is 0 Å². The largest absolute Gasteiger partial charge is 0.390 e. The smallest absolute Gasteiger partial charge is 0.123 e. The van der Waals surface area contributed by atoms with Crippen LogP contribution < -0.4 is 0 Å². The summed E-state index contributed by atoms with van der Waals surface area (Å²) in [5.41, 5.74) is 4.40. The van der Waals surface area contributed by atoms with Crippen LogP contribution in [0.2, 0.25) is 0 Å². The van der Waals surface area contributed by atoms with E-state index in [1.807, 2.05) is 20.8 Å². The first-order valence-corrected chi connectivity index (χ1v) is 6.38. The van der Waals surface area contributed by atoms with E-state index in [-0.39, 0.29) is 18.3 Å². The number of aliphatic hydroxyl groups is 1. The van der Waals surface area contributed by atoms with Crippen molar-refractivity contribution in [3.05, 3.63) is 41.0 Å². The van der Waals surface area contributed by atoms with Crippen LogP contribution in [0.15, 0.2) is 18.2 Å². The molecule has 0 radical (unpaired) electrons. The van der Waals surface area contributed by atoms with Gasteiger partial charge in [-0.2, -0.15) is 5.10 Å². The van der Waals surface area contributed by atoms with Crippen molar-refractivity contribution in [3.8, 4) is 11.1 Å². The molecule has 0 aliphatic carbocycles. The van der Waals surface area contributed by atoms with Gasteiger partial charge in [0.2, 0.25) is 0 Å². The van der Waals surface area contributed by atoms with Crippen LogP contribution in [0.1, 0.15) is 36.7 Å². The van der Waals surface area contributed by atoms with Crippen molar-refractivity contribution in [2.75, 3.05) is 0 Å². The highest BCUT2D eigenvalue weighted by molar-refractivity contribution is 5.72. The molecule has 0 saturated carbocycles. The molecule has 0 spiro atoms. The monoisotopic (exact) mass is 262 g/mol. The molecule has 1 aromatic heterocycles. The van der Waals surface area contributed by atoms with Gasteiger partial charge in [0.1, 0.15) is 5.82 Å². The highest BCUT2D eigenvalue weighted by Gasteiger charge is 2.18. The van der Waals surface area contributed by atoms with Gasteiger partial charge in [-0.05, 0) is 36.1 Å². The molecule has 0 saturated heterocycles. The number of hydrogen-bond donors (Lipinski definition) is 1. The number of hydrogen-bond acceptors (Lipinski definition) is 2. The van der Waals surface area contributed by atoms with Crippen molar-refractivity contribution < 1.29 is 9.50 Å². The Morgan fingerprint density at radius 1 is 1.37 bits per heavy atom. The molecule has 2 rings (SSSR count). The molecule has 1 aromatic carbocycles. The molecule has 2 aromatic rings. The molecular weight excluding hydrogens is 243 g/mol. The number of rotatable bonds is 3. The summed E-state index contributed by atoms with van der Waals surface area (Å²) in [5, 5.41) is 13.9. The predicted molar refractivity (Wildman–Crippen MR) is 73.4 cm³/mol. The zero-order chi connectivity index (χ0) is 14.2. The SMILES string of the molecule is Cc1nn(C)c(CO)c1-c1ccc(F)cc1C(C)C. The Morgan fingerprint density at radius 3 is 2.63 bits per heavy atom. The Balaban J connectivity index is 2.72. The molecule has 3 nitrogen and oxygen atoms in total. The molecule has 1 N–H and O–H groups in total. The molecule has 0 atom stereocenters. The maximum Gasteiger partial charge on any atom is 0.123 e. The normalized spacial score (nSPS) is 11.3. The van der Waals surface area contributed by atoms with Crippen molar-refractivity contribution in [1.82, 2.24) is 9.78 Å². The lowest BCUT2D eigenvalue weighted by Gasteiger charge is -2.14. The van der Waals surface area contributed by atoms with Gasteiger partial charge in [0.25, 0.3) is 0 Å². The number of nitrogens with zero attached hydrogens (tertiary/aromatic N) is 2. The standard InChI is InChI=1S/C15H19FN2O/c1-9(2)13-7-11(16)5-6-12(13)15-10(3)17-18(4)14(15)8-19/h5-7,9,19H,8H2,1-4H3. The van der Waals surface area contributed by atoms with E-state index in [0.29, 0.717) is 0 Å². The Kier molecular flexibility index (Phi) is 3.71. The van der Waals surface area contributed by atoms with Gasteiger partial charge < -0.3 is 5.11 Å². The minimum atomic E-state index is -0.237. The van der Waals surface area contributed by atoms with E-state index in [1.165, 1.54) is 6.07 Å². The van der Waals surface area contributed by atoms with Gasteiger partial charge in [-0.25, -0.2) is 4.39 Å². The summed E-state index contributed by atoms with van der Waals surface area (Å²) in [7, 11) is 1.81. The highest BCUT2D eigenvalue weighted by atomic mass is 19.1. The van der Waals surface area contributed by atoms with E-state index in [4.69, 9.17) is 0 Å². The molecule has 102 valence electrons. The second-order valence-electron chi connectivity index (χ2n) is 5.08. The van der Waals surface area contributed by atoms with Gasteiger partial charge in [0, 0.05) is 12.6 Å². The summed E-state index contributed by atoms with van der Waals surface area (Å²) >= 11 is 0. The lowest BCUT2D eigenvalue weighted by atomic mass is 9.91. The van der Waals surface area contributed by atoms with E-state index in [9.17, 15) is 9.50 Å². The first-order chi connectivity index (χ1) is 8.95. The Labute approximate surface area is 112 Å². The molecule has 0 aliphatic rings. The van der Waals surface area contributed by atoms with Gasteiger partial charge in [0.05, 0.1) is 18.0 Å². The lowest BCUT2D eigenvalue weighted by Crippen LogP contribution is -2.00. The molecule has 0 aliphatic heterocycles. The third-order valence-electron chi connectivity index (χ3n) is 3.40. The van der Waals surface area contributed by atoms with Gasteiger partial charge in [-0.1, -0.05) is 19.9 Å². The molecule has 4 heteroatoms. The number of aromatic nitrogens is 2. The van der Waals surface area contributed by atoms with Crippen LogP contribution in [-0.4, -0.2) is 14.9 Å². The van der Waals surface area contributed by atoms with Crippen LogP contribution in [-0.2, 0) is 13.7 Å². The molecule has 0 unspecified atom stereocenters. The Morgan fingerprint density at radius 2 is 2.05 bits per heavy atom. The third kappa shape index (κ3) is 2.40. The summed E-state index contributed by atoms with van der Waals surface area (Å²) in [6, 6.07) is 4.79. The van der Waals surface area contributed by atoms with Crippen molar-refractivity contribution in [1.29, 1.82) is 0 Å². The van der Waals surface area contributed by atoms with Crippen LogP contribution in [0.25, 0.3) is 11.1 Å². The average Bonchev–Trinajstić information content (AvgIpc) is 2.63. The summed E-state index contributed by atoms with van der Waals surface area (Å²) in [5.74, 6) is -0.0311. The molecule has 19 heavy (non-hydrogen) atoms. The van der Waals surface area contributed by atoms with Gasteiger partial charge in [-0.15, -0.1) is 0 Å². The number of benzene rings is 1. The van der Waals surface area contributed by atoms with Crippen molar-refractivity contribution in [2.24, 2.45) is 7.05 Å². The minimum absolute atomic E-state index is 0.0818. The second kappa shape index (κ2) is 5.13. The van der Waals surface area contributed by atoms with Gasteiger partial charge >= 0.3 is 0 Å². The van der Waals surface area contributed by atoms with E-state index in [1.54, 1.807) is 23.9 Å². The number of halogens is 1. The molecule has 0 bridgehead atoms. The minimum Gasteiger partial charge on any atom is -0.390 e. The van der Waals surface area contributed by atoms with E-state index >= 15 is 0 Å². The molecule has 0 amide bonds. The number of aryl methyl sites for hydroxylation is 2. The van der Waals surface area contributed by atoms with E-state index < -0.39 is 0 Å². The fraction of sp³-hybridized carbons (Fsp3) is 0.400. The Bertz CT molecular complexity index is 602. The quantitative estimate of drug-likeness (QED) is 0.922. The fourth-order valence-corrected chi connectivity index (χ4v) is 2.48. The highest BCUT2D eigenvalue weighted by Crippen LogP contribution is 2.34. The summed E-state index contributed by atoms with van der Waals surface area (Å²) in [6.45, 7) is 5.88. The molecule has 0 fully saturated rings. The molecular formula is C15H19FN2O. The molecule has 1 heterocycles. The number of aliphatic hydroxyl groups excluding tert-OH is 1. The summed E-state index contributed by atoms with van der Waals surface area (Å²) in [4.78, 5) is 0. The fourth-order valence-electron chi connectivity index (χ4n) is 2.48. The zero-order valence-electron chi connectivity index (χ0n) is 11.7. The van der Waals surface area contributed by atoms with Crippen LogP contribution in [0, 0.1) is 12.7 Å². The zero-order valence-corrected chi connectivity index (χ0v) is 11.7. The first kappa shape index (κ1) is 13.7. The Hall–Kier alpha value is -1.68. The van der Waals surface area contributed by atoms with Crippen molar-refractivity contribution >= 4 is 0 Å². The van der Waals surface area contributed by atoms with E-state index in [2.05, 4.69) is 5.10 Å². The van der Waals surface area contributed by atoms with E-state index in [0.717, 1.165) is 28.1 Å². The third-order valence-corrected chi connectivity index (χ3v) is 3.40. The second-order valence-corrected chi connectivity index (χ2v) is 5.08. The lowest BCUT2D eigenvalue weighted by molar-refractivity contribution is 0.271. The van der Waals surface area contributed by atoms with Crippen LogP contribution in [0.5, 0.6) is 0 Å². The maximum absolute atomic E-state index is 13.4. The van der Waals surface area contributed by atoms with Crippen LogP contribution >= 0.6 is 0 Å². The van der Waals surface area contributed by atoms with Gasteiger partial charge in [-0.3, -0.25) is 4.68 Å². The topological polar surface area (TPSA) is 38.0 Å². The van der Waals surface area contributed by atoms with Crippen LogP contribution in [0.3, 0.4) is 0 Å². The average molecular weight is 262 g/mol. The van der Waals surface area contributed by atoms with Crippen LogP contribution in [0.4, 0.5) is 4.39 Å². The predicted octanol–water partition coefficient (Wildman–Crippen LogP) is 3.15. The van der Waals surface area contributed by atoms with Crippen molar-refractivity contribution in [2.45, 2.75) is 33.3 Å².